The van der Waals surface area contributed by atoms with Crippen LogP contribution in [0.25, 0.3) is 0 Å². The molecule has 3 rings (SSSR count). The van der Waals surface area contributed by atoms with E-state index in [2.05, 4.69) is 29.3 Å². The number of amides is 1. The van der Waals surface area contributed by atoms with E-state index < -0.39 is 10.0 Å². The van der Waals surface area contributed by atoms with Gasteiger partial charge in [0.25, 0.3) is 5.91 Å². The van der Waals surface area contributed by atoms with Crippen molar-refractivity contribution in [2.45, 2.75) is 38.0 Å². The maximum absolute atomic E-state index is 13.0. The first-order chi connectivity index (χ1) is 14.8. The first-order valence-corrected chi connectivity index (χ1v) is 12.4. The average Bonchev–Trinajstić information content (AvgIpc) is 2.77. The average molecular weight is 444 g/mol. The zero-order valence-electron chi connectivity index (χ0n) is 18.7. The molecular formula is C24H33N3O3S. The zero-order chi connectivity index (χ0) is 22.4. The quantitative estimate of drug-likeness (QED) is 0.632. The Morgan fingerprint density at radius 2 is 1.81 bits per heavy atom. The van der Waals surface area contributed by atoms with Crippen molar-refractivity contribution in [3.8, 4) is 0 Å². The Morgan fingerprint density at radius 3 is 2.48 bits per heavy atom. The second-order valence-corrected chi connectivity index (χ2v) is 10.4. The Labute approximate surface area is 186 Å². The predicted octanol–water partition coefficient (Wildman–Crippen LogP) is 3.67. The van der Waals surface area contributed by atoms with Crippen LogP contribution in [0.1, 0.15) is 42.1 Å². The van der Waals surface area contributed by atoms with Gasteiger partial charge in [-0.1, -0.05) is 31.2 Å². The number of carbonyl (C=O) groups excluding carboxylic acids is 1. The molecule has 2 aromatic carbocycles. The Bertz CT molecular complexity index is 984. The van der Waals surface area contributed by atoms with E-state index in [0.29, 0.717) is 31.1 Å². The van der Waals surface area contributed by atoms with Gasteiger partial charge < -0.3 is 10.2 Å². The van der Waals surface area contributed by atoms with Crippen LogP contribution in [0.2, 0.25) is 0 Å². The fourth-order valence-corrected chi connectivity index (χ4v) is 5.30. The number of anilines is 1. The highest BCUT2D eigenvalue weighted by Crippen LogP contribution is 2.25. The molecule has 7 heteroatoms. The molecule has 0 bridgehead atoms. The second kappa shape index (κ2) is 10.3. The second-order valence-electron chi connectivity index (χ2n) is 8.43. The number of aryl methyl sites for hydroxylation is 1. The van der Waals surface area contributed by atoms with Crippen LogP contribution in [0.15, 0.2) is 53.4 Å². The summed E-state index contributed by atoms with van der Waals surface area (Å²) in [6, 6.07) is 14.9. The van der Waals surface area contributed by atoms with Crippen molar-refractivity contribution < 1.29 is 13.2 Å². The normalized spacial score (nSPS) is 15.6. The molecule has 168 valence electrons. The summed E-state index contributed by atoms with van der Waals surface area (Å²) >= 11 is 0. The lowest BCUT2D eigenvalue weighted by molar-refractivity contribution is 0.0952. The molecule has 0 saturated carbocycles. The summed E-state index contributed by atoms with van der Waals surface area (Å²) in [4.78, 5) is 15.1. The van der Waals surface area contributed by atoms with E-state index in [1.807, 2.05) is 32.2 Å². The number of sulfonamides is 1. The molecule has 0 aliphatic carbocycles. The number of piperidine rings is 1. The third kappa shape index (κ3) is 5.86. The number of para-hydroxylation sites is 1. The highest BCUT2D eigenvalue weighted by molar-refractivity contribution is 7.89. The lowest BCUT2D eigenvalue weighted by atomic mass is 10.0. The van der Waals surface area contributed by atoms with Crippen LogP contribution in [0.4, 0.5) is 5.69 Å². The molecule has 1 heterocycles. The van der Waals surface area contributed by atoms with Gasteiger partial charge in [-0.3, -0.25) is 4.79 Å². The monoisotopic (exact) mass is 443 g/mol. The standard InChI is InChI=1S/C24H33N3O3S/c1-19-12-16-27(17-13-19)31(29,30)22-11-10-20(2)23(18-22)24(28)25-14-7-15-26(3)21-8-5-4-6-9-21/h4-6,8-11,18-19H,7,12-17H2,1-3H3,(H,25,28). The Hall–Kier alpha value is -2.38. The molecule has 1 saturated heterocycles. The lowest BCUT2D eigenvalue weighted by Gasteiger charge is -2.29. The van der Waals surface area contributed by atoms with Gasteiger partial charge in [0.1, 0.15) is 0 Å². The molecule has 1 N–H and O–H groups in total. The number of hydrogen-bond donors (Lipinski definition) is 1. The minimum Gasteiger partial charge on any atom is -0.375 e. The molecule has 0 atom stereocenters. The van der Waals surface area contributed by atoms with Crippen LogP contribution >= 0.6 is 0 Å². The largest absolute Gasteiger partial charge is 0.375 e. The van der Waals surface area contributed by atoms with Crippen LogP contribution < -0.4 is 10.2 Å². The molecule has 0 unspecified atom stereocenters. The summed E-state index contributed by atoms with van der Waals surface area (Å²) in [5, 5.41) is 2.94. The highest BCUT2D eigenvalue weighted by atomic mass is 32.2. The number of nitrogens with one attached hydrogen (secondary N) is 1. The van der Waals surface area contributed by atoms with Gasteiger partial charge in [0.15, 0.2) is 0 Å². The molecule has 0 spiro atoms. The summed E-state index contributed by atoms with van der Waals surface area (Å²) < 4.78 is 27.6. The number of rotatable bonds is 8. The molecule has 0 radical (unpaired) electrons. The van der Waals surface area contributed by atoms with E-state index >= 15 is 0 Å². The fraction of sp³-hybridized carbons (Fsp3) is 0.458. The molecule has 31 heavy (non-hydrogen) atoms. The fourth-order valence-electron chi connectivity index (χ4n) is 3.81. The van der Waals surface area contributed by atoms with E-state index in [9.17, 15) is 13.2 Å². The first-order valence-electron chi connectivity index (χ1n) is 10.9. The summed E-state index contributed by atoms with van der Waals surface area (Å²) in [5.74, 6) is 0.316. The van der Waals surface area contributed by atoms with Crippen molar-refractivity contribution in [1.29, 1.82) is 0 Å². The number of benzene rings is 2. The Balaban J connectivity index is 1.60. The highest BCUT2D eigenvalue weighted by Gasteiger charge is 2.28. The minimum atomic E-state index is -3.58. The van der Waals surface area contributed by atoms with Gasteiger partial charge in [-0.2, -0.15) is 4.31 Å². The van der Waals surface area contributed by atoms with Crippen molar-refractivity contribution in [3.63, 3.8) is 0 Å². The van der Waals surface area contributed by atoms with Gasteiger partial charge in [-0.15, -0.1) is 0 Å². The Morgan fingerprint density at radius 1 is 1.13 bits per heavy atom. The van der Waals surface area contributed by atoms with Gasteiger partial charge in [0, 0.05) is 44.5 Å². The maximum Gasteiger partial charge on any atom is 0.251 e. The van der Waals surface area contributed by atoms with Crippen molar-refractivity contribution in [2.24, 2.45) is 5.92 Å². The molecule has 6 nitrogen and oxygen atoms in total. The minimum absolute atomic E-state index is 0.196. The third-order valence-electron chi connectivity index (χ3n) is 5.99. The van der Waals surface area contributed by atoms with E-state index in [1.165, 1.54) is 6.07 Å². The molecule has 2 aromatic rings. The summed E-state index contributed by atoms with van der Waals surface area (Å²) in [6.45, 7) is 6.39. The zero-order valence-corrected chi connectivity index (χ0v) is 19.5. The number of carbonyl (C=O) groups is 1. The van der Waals surface area contributed by atoms with E-state index in [-0.39, 0.29) is 10.8 Å². The number of hydrogen-bond acceptors (Lipinski definition) is 4. The van der Waals surface area contributed by atoms with Gasteiger partial charge in [0.2, 0.25) is 10.0 Å². The molecule has 1 fully saturated rings. The number of nitrogens with zero attached hydrogens (tertiary/aromatic N) is 2. The van der Waals surface area contributed by atoms with Gasteiger partial charge in [-0.05, 0) is 61.9 Å². The SMILES string of the molecule is Cc1ccc(S(=O)(=O)N2CCC(C)CC2)cc1C(=O)NCCCN(C)c1ccccc1. The summed E-state index contributed by atoms with van der Waals surface area (Å²) in [5.41, 5.74) is 2.32. The first kappa shape index (κ1) is 23.3. The van der Waals surface area contributed by atoms with Crippen molar-refractivity contribution in [1.82, 2.24) is 9.62 Å². The van der Waals surface area contributed by atoms with Crippen molar-refractivity contribution in [3.05, 3.63) is 59.7 Å². The Kier molecular flexibility index (Phi) is 7.73. The molecule has 0 aromatic heterocycles. The van der Waals surface area contributed by atoms with Crippen LogP contribution in [-0.4, -0.2) is 51.9 Å². The summed E-state index contributed by atoms with van der Waals surface area (Å²) in [6.07, 6.45) is 2.53. The third-order valence-corrected chi connectivity index (χ3v) is 7.88. The van der Waals surface area contributed by atoms with Gasteiger partial charge in [0.05, 0.1) is 4.90 Å². The van der Waals surface area contributed by atoms with Crippen LogP contribution in [0.3, 0.4) is 0 Å². The smallest absolute Gasteiger partial charge is 0.251 e. The lowest BCUT2D eigenvalue weighted by Crippen LogP contribution is -2.38. The van der Waals surface area contributed by atoms with E-state index in [4.69, 9.17) is 0 Å². The van der Waals surface area contributed by atoms with Crippen LogP contribution in [-0.2, 0) is 10.0 Å². The van der Waals surface area contributed by atoms with Crippen LogP contribution in [0.5, 0.6) is 0 Å². The van der Waals surface area contributed by atoms with Crippen LogP contribution in [0, 0.1) is 12.8 Å². The van der Waals surface area contributed by atoms with Crippen molar-refractivity contribution >= 4 is 21.6 Å². The maximum atomic E-state index is 13.0. The van der Waals surface area contributed by atoms with Gasteiger partial charge in [-0.25, -0.2) is 8.42 Å². The molecular weight excluding hydrogens is 410 g/mol. The summed E-state index contributed by atoms with van der Waals surface area (Å²) in [7, 11) is -1.55. The van der Waals surface area contributed by atoms with Gasteiger partial charge >= 0.3 is 0 Å². The molecule has 1 aliphatic rings. The van der Waals surface area contributed by atoms with E-state index in [0.717, 1.165) is 37.1 Å². The van der Waals surface area contributed by atoms with E-state index in [1.54, 1.807) is 16.4 Å². The predicted molar refractivity (Wildman–Crippen MR) is 125 cm³/mol. The van der Waals surface area contributed by atoms with Crippen molar-refractivity contribution in [2.75, 3.05) is 38.1 Å². The molecule has 1 amide bonds. The molecule has 1 aliphatic heterocycles. The topological polar surface area (TPSA) is 69.7 Å².